The Kier molecular flexibility index (Phi) is 2.75. The molecule has 1 nitrogen and oxygen atoms in total. The number of nitrogens with one attached hydrogen (secondary N) is 1. The Morgan fingerprint density at radius 1 is 1.43 bits per heavy atom. The first-order valence-corrected chi connectivity index (χ1v) is 5.22. The molecule has 0 radical (unpaired) electrons. The number of halogens is 2. The van der Waals surface area contributed by atoms with Crippen molar-refractivity contribution in [1.29, 1.82) is 0 Å². The van der Waals surface area contributed by atoms with Crippen molar-refractivity contribution in [2.45, 2.75) is 12.8 Å². The molecule has 1 N–H and O–H groups in total. The topological polar surface area (TPSA) is 12.0 Å². The quantitative estimate of drug-likeness (QED) is 0.757. The smallest absolute Gasteiger partial charge is 0.145 e. The first kappa shape index (κ1) is 9.94. The van der Waals surface area contributed by atoms with Crippen LogP contribution in [0.25, 0.3) is 0 Å². The van der Waals surface area contributed by atoms with E-state index in [1.807, 2.05) is 12.1 Å². The third-order valence-corrected chi connectivity index (χ3v) is 3.19. The highest BCUT2D eigenvalue weighted by Crippen LogP contribution is 2.31. The summed E-state index contributed by atoms with van der Waals surface area (Å²) in [6.45, 7) is 3.93. The SMILES string of the molecule is C[C@@H]1CNC[C@@H]1c1cccc(Cl)c1F. The Balaban J connectivity index is 2.36. The number of benzene rings is 1. The van der Waals surface area contributed by atoms with Gasteiger partial charge in [-0.25, -0.2) is 4.39 Å². The van der Waals surface area contributed by atoms with Crippen molar-refractivity contribution in [3.8, 4) is 0 Å². The fraction of sp³-hybridized carbons (Fsp3) is 0.455. The highest BCUT2D eigenvalue weighted by Gasteiger charge is 2.27. The van der Waals surface area contributed by atoms with Crippen molar-refractivity contribution in [1.82, 2.24) is 5.32 Å². The summed E-state index contributed by atoms with van der Waals surface area (Å²) in [5.74, 6) is 0.478. The predicted molar refractivity (Wildman–Crippen MR) is 56.2 cm³/mol. The number of hydrogen-bond acceptors (Lipinski definition) is 1. The summed E-state index contributed by atoms with van der Waals surface area (Å²) in [5.41, 5.74) is 0.745. The third kappa shape index (κ3) is 1.64. The van der Waals surface area contributed by atoms with E-state index < -0.39 is 0 Å². The maximum absolute atomic E-state index is 13.7. The van der Waals surface area contributed by atoms with E-state index in [0.717, 1.165) is 18.7 Å². The molecule has 0 bridgehead atoms. The Bertz CT molecular complexity index is 340. The third-order valence-electron chi connectivity index (χ3n) is 2.90. The summed E-state index contributed by atoms with van der Waals surface area (Å²) >= 11 is 5.74. The highest BCUT2D eigenvalue weighted by molar-refractivity contribution is 6.30. The van der Waals surface area contributed by atoms with Gasteiger partial charge in [-0.2, -0.15) is 0 Å². The molecule has 0 saturated carbocycles. The van der Waals surface area contributed by atoms with Gasteiger partial charge < -0.3 is 5.32 Å². The van der Waals surface area contributed by atoms with Gasteiger partial charge in [0.2, 0.25) is 0 Å². The lowest BCUT2D eigenvalue weighted by atomic mass is 9.90. The van der Waals surface area contributed by atoms with Gasteiger partial charge in [0.15, 0.2) is 0 Å². The van der Waals surface area contributed by atoms with Crippen LogP contribution in [0.15, 0.2) is 18.2 Å². The lowest BCUT2D eigenvalue weighted by molar-refractivity contribution is 0.529. The van der Waals surface area contributed by atoms with Crippen molar-refractivity contribution in [3.05, 3.63) is 34.6 Å². The Labute approximate surface area is 88.3 Å². The molecule has 0 spiro atoms. The van der Waals surface area contributed by atoms with Crippen molar-refractivity contribution in [2.24, 2.45) is 5.92 Å². The van der Waals surface area contributed by atoms with E-state index in [9.17, 15) is 4.39 Å². The summed E-state index contributed by atoms with van der Waals surface area (Å²) in [6.07, 6.45) is 0. The van der Waals surface area contributed by atoms with E-state index in [0.29, 0.717) is 5.92 Å². The molecule has 0 unspecified atom stereocenters. The predicted octanol–water partition coefficient (Wildman–Crippen LogP) is 2.80. The molecule has 2 atom stereocenters. The molecule has 1 heterocycles. The van der Waals surface area contributed by atoms with Gasteiger partial charge in [-0.05, 0) is 24.1 Å². The molecule has 0 aromatic heterocycles. The molecule has 1 aromatic rings. The molecule has 1 saturated heterocycles. The summed E-state index contributed by atoms with van der Waals surface area (Å²) in [4.78, 5) is 0. The minimum absolute atomic E-state index is 0.224. The molecule has 1 aromatic carbocycles. The van der Waals surface area contributed by atoms with E-state index in [1.54, 1.807) is 6.07 Å². The summed E-state index contributed by atoms with van der Waals surface area (Å²) in [5, 5.41) is 3.48. The van der Waals surface area contributed by atoms with Gasteiger partial charge in [-0.15, -0.1) is 0 Å². The maximum atomic E-state index is 13.7. The van der Waals surface area contributed by atoms with Crippen molar-refractivity contribution in [3.63, 3.8) is 0 Å². The van der Waals surface area contributed by atoms with Crippen LogP contribution >= 0.6 is 11.6 Å². The normalized spacial score (nSPS) is 26.8. The van der Waals surface area contributed by atoms with Crippen LogP contribution in [0.4, 0.5) is 4.39 Å². The summed E-state index contributed by atoms with van der Waals surface area (Å²) in [6, 6.07) is 5.23. The van der Waals surface area contributed by atoms with E-state index in [2.05, 4.69) is 12.2 Å². The van der Waals surface area contributed by atoms with Crippen LogP contribution < -0.4 is 5.32 Å². The van der Waals surface area contributed by atoms with Gasteiger partial charge in [0, 0.05) is 12.5 Å². The largest absolute Gasteiger partial charge is 0.316 e. The zero-order valence-corrected chi connectivity index (χ0v) is 8.81. The molecule has 1 fully saturated rings. The number of rotatable bonds is 1. The number of hydrogen-bond donors (Lipinski definition) is 1. The fourth-order valence-corrected chi connectivity index (χ4v) is 2.22. The Morgan fingerprint density at radius 2 is 2.21 bits per heavy atom. The van der Waals surface area contributed by atoms with Crippen molar-refractivity contribution >= 4 is 11.6 Å². The van der Waals surface area contributed by atoms with Crippen LogP contribution in [-0.2, 0) is 0 Å². The molecular formula is C11H13ClFN. The van der Waals surface area contributed by atoms with Crippen molar-refractivity contribution < 1.29 is 4.39 Å². The minimum Gasteiger partial charge on any atom is -0.316 e. The van der Waals surface area contributed by atoms with Gasteiger partial charge in [0.1, 0.15) is 5.82 Å². The Hall–Kier alpha value is -0.600. The standard InChI is InChI=1S/C11H13ClFN/c1-7-5-14-6-9(7)8-3-2-4-10(12)11(8)13/h2-4,7,9,14H,5-6H2,1H3/t7-,9+/m1/s1. The monoisotopic (exact) mass is 213 g/mol. The van der Waals surface area contributed by atoms with Crippen LogP contribution in [-0.4, -0.2) is 13.1 Å². The molecule has 2 rings (SSSR count). The van der Waals surface area contributed by atoms with Gasteiger partial charge >= 0.3 is 0 Å². The second kappa shape index (κ2) is 3.87. The molecule has 0 amide bonds. The minimum atomic E-state index is -0.255. The van der Waals surface area contributed by atoms with Gasteiger partial charge in [0.05, 0.1) is 5.02 Å². The molecule has 14 heavy (non-hydrogen) atoms. The summed E-state index contributed by atoms with van der Waals surface area (Å²) < 4.78 is 13.7. The molecular weight excluding hydrogens is 201 g/mol. The lowest BCUT2D eigenvalue weighted by Crippen LogP contribution is -2.09. The molecule has 3 heteroatoms. The first-order valence-electron chi connectivity index (χ1n) is 4.84. The lowest BCUT2D eigenvalue weighted by Gasteiger charge is -2.15. The average molecular weight is 214 g/mol. The zero-order chi connectivity index (χ0) is 10.1. The molecule has 76 valence electrons. The first-order chi connectivity index (χ1) is 6.70. The van der Waals surface area contributed by atoms with E-state index >= 15 is 0 Å². The van der Waals surface area contributed by atoms with E-state index in [4.69, 9.17) is 11.6 Å². The van der Waals surface area contributed by atoms with Crippen LogP contribution in [0.3, 0.4) is 0 Å². The zero-order valence-electron chi connectivity index (χ0n) is 8.06. The van der Waals surface area contributed by atoms with Crippen LogP contribution in [0.1, 0.15) is 18.4 Å². The molecule has 0 aliphatic carbocycles. The van der Waals surface area contributed by atoms with Gasteiger partial charge in [-0.3, -0.25) is 0 Å². The van der Waals surface area contributed by atoms with Crippen molar-refractivity contribution in [2.75, 3.05) is 13.1 Å². The maximum Gasteiger partial charge on any atom is 0.145 e. The second-order valence-electron chi connectivity index (χ2n) is 3.89. The molecule has 1 aliphatic rings. The molecule has 1 aliphatic heterocycles. The van der Waals surface area contributed by atoms with Crippen LogP contribution in [0, 0.1) is 11.7 Å². The fourth-order valence-electron chi connectivity index (χ4n) is 2.03. The summed E-state index contributed by atoms with van der Waals surface area (Å²) in [7, 11) is 0. The van der Waals surface area contributed by atoms with Crippen LogP contribution in [0.2, 0.25) is 5.02 Å². The van der Waals surface area contributed by atoms with E-state index in [-0.39, 0.29) is 16.8 Å². The van der Waals surface area contributed by atoms with Gasteiger partial charge in [-0.1, -0.05) is 30.7 Å². The Morgan fingerprint density at radius 3 is 2.86 bits per heavy atom. The van der Waals surface area contributed by atoms with Crippen LogP contribution in [0.5, 0.6) is 0 Å². The average Bonchev–Trinajstić information content (AvgIpc) is 2.57. The van der Waals surface area contributed by atoms with Gasteiger partial charge in [0.25, 0.3) is 0 Å². The second-order valence-corrected chi connectivity index (χ2v) is 4.29. The highest BCUT2D eigenvalue weighted by atomic mass is 35.5. The van der Waals surface area contributed by atoms with E-state index in [1.165, 1.54) is 0 Å².